The van der Waals surface area contributed by atoms with Crippen LogP contribution in [-0.2, 0) is 13.0 Å². The summed E-state index contributed by atoms with van der Waals surface area (Å²) < 4.78 is 0. The predicted octanol–water partition coefficient (Wildman–Crippen LogP) is 1.92. The van der Waals surface area contributed by atoms with Gasteiger partial charge in [-0.15, -0.1) is 0 Å². The minimum atomic E-state index is -0.558. The number of urea groups is 1. The Labute approximate surface area is 140 Å². The lowest BCUT2D eigenvalue weighted by Crippen LogP contribution is -2.29. The van der Waals surface area contributed by atoms with Crippen LogP contribution in [0.4, 0.5) is 4.79 Å². The maximum absolute atomic E-state index is 12.4. The van der Waals surface area contributed by atoms with Crippen LogP contribution < -0.4 is 16.4 Å². The fraction of sp³-hybridized carbons (Fsp3) is 0.263. The van der Waals surface area contributed by atoms with Crippen LogP contribution >= 0.6 is 0 Å². The molecule has 4 rings (SSSR count). The van der Waals surface area contributed by atoms with Crippen molar-refractivity contribution in [3.63, 3.8) is 0 Å². The summed E-state index contributed by atoms with van der Waals surface area (Å²) in [5, 5.41) is 5.68. The summed E-state index contributed by atoms with van der Waals surface area (Å²) in [4.78, 5) is 23.1. The van der Waals surface area contributed by atoms with Gasteiger partial charge in [0.25, 0.3) is 5.91 Å². The fourth-order valence-corrected chi connectivity index (χ4v) is 3.75. The van der Waals surface area contributed by atoms with E-state index >= 15 is 0 Å². The lowest BCUT2D eigenvalue weighted by Gasteiger charge is -2.10. The first-order chi connectivity index (χ1) is 11.6. The normalized spacial score (nSPS) is 23.1. The van der Waals surface area contributed by atoms with Gasteiger partial charge in [-0.3, -0.25) is 4.79 Å². The second kappa shape index (κ2) is 5.67. The standard InChI is InChI=1S/C19H19N3O2/c20-19(24)21-10-11-5-7-12(8-6-11)18(23)22-17-15-9-13-3-1-2-4-14(13)16(15)17/h1-8,15-17H,9-10H2,(H,22,23)(H3,20,21,24). The third kappa shape index (κ3) is 2.62. The van der Waals surface area contributed by atoms with Crippen molar-refractivity contribution in [1.29, 1.82) is 0 Å². The molecule has 2 aromatic rings. The number of rotatable bonds is 4. The van der Waals surface area contributed by atoms with E-state index in [1.54, 1.807) is 12.1 Å². The average Bonchev–Trinajstić information content (AvgIpc) is 3.10. The van der Waals surface area contributed by atoms with Crippen LogP contribution in [0.5, 0.6) is 0 Å². The summed E-state index contributed by atoms with van der Waals surface area (Å²) in [5.74, 6) is 0.982. The third-order valence-corrected chi connectivity index (χ3v) is 5.02. The van der Waals surface area contributed by atoms with E-state index in [-0.39, 0.29) is 11.9 Å². The van der Waals surface area contributed by atoms with E-state index < -0.39 is 6.03 Å². The Morgan fingerprint density at radius 3 is 2.58 bits per heavy atom. The molecule has 3 unspecified atom stereocenters. The molecule has 0 saturated heterocycles. The topological polar surface area (TPSA) is 84.2 Å². The Morgan fingerprint density at radius 1 is 1.08 bits per heavy atom. The van der Waals surface area contributed by atoms with Crippen LogP contribution in [0.3, 0.4) is 0 Å². The molecule has 24 heavy (non-hydrogen) atoms. The summed E-state index contributed by atoms with van der Waals surface area (Å²) in [6.07, 6.45) is 1.06. The number of carbonyl (C=O) groups excluding carboxylic acids is 2. The monoisotopic (exact) mass is 321 g/mol. The molecule has 5 nitrogen and oxygen atoms in total. The fourth-order valence-electron chi connectivity index (χ4n) is 3.75. The molecule has 2 aliphatic carbocycles. The second-order valence-corrected chi connectivity index (χ2v) is 6.51. The number of nitrogens with one attached hydrogen (secondary N) is 2. The van der Waals surface area contributed by atoms with E-state index in [4.69, 9.17) is 5.73 Å². The minimum absolute atomic E-state index is 0.0405. The summed E-state index contributed by atoms with van der Waals surface area (Å²) in [5.41, 5.74) is 9.40. The molecule has 0 spiro atoms. The van der Waals surface area contributed by atoms with Crippen LogP contribution in [0.2, 0.25) is 0 Å². The van der Waals surface area contributed by atoms with Crippen molar-refractivity contribution in [3.8, 4) is 0 Å². The van der Waals surface area contributed by atoms with E-state index in [0.29, 0.717) is 23.9 Å². The Kier molecular flexibility index (Phi) is 3.49. The Bertz CT molecular complexity index is 801. The van der Waals surface area contributed by atoms with Crippen molar-refractivity contribution in [3.05, 3.63) is 70.8 Å². The molecule has 0 bridgehead atoms. The molecular formula is C19H19N3O2. The molecule has 122 valence electrons. The first-order valence-electron chi connectivity index (χ1n) is 8.14. The van der Waals surface area contributed by atoms with Crippen molar-refractivity contribution in [1.82, 2.24) is 10.6 Å². The van der Waals surface area contributed by atoms with E-state index in [2.05, 4.69) is 34.9 Å². The van der Waals surface area contributed by atoms with Gasteiger partial charge in [-0.25, -0.2) is 4.79 Å². The van der Waals surface area contributed by atoms with E-state index in [9.17, 15) is 9.59 Å². The van der Waals surface area contributed by atoms with Crippen LogP contribution in [0.25, 0.3) is 0 Å². The minimum Gasteiger partial charge on any atom is -0.352 e. The molecule has 2 aliphatic rings. The summed E-state index contributed by atoms with van der Waals surface area (Å²) in [7, 11) is 0. The molecule has 5 heteroatoms. The Morgan fingerprint density at radius 2 is 1.83 bits per heavy atom. The van der Waals surface area contributed by atoms with Gasteiger partial charge < -0.3 is 16.4 Å². The maximum atomic E-state index is 12.4. The number of nitrogens with two attached hydrogens (primary N) is 1. The highest BCUT2D eigenvalue weighted by atomic mass is 16.2. The quantitative estimate of drug-likeness (QED) is 0.804. The first kappa shape index (κ1) is 14.8. The highest BCUT2D eigenvalue weighted by Gasteiger charge is 2.56. The van der Waals surface area contributed by atoms with Crippen LogP contribution in [-0.4, -0.2) is 18.0 Å². The third-order valence-electron chi connectivity index (χ3n) is 5.02. The molecule has 2 aromatic carbocycles. The number of amides is 3. The zero-order chi connectivity index (χ0) is 16.7. The van der Waals surface area contributed by atoms with Crippen molar-refractivity contribution >= 4 is 11.9 Å². The smallest absolute Gasteiger partial charge is 0.312 e. The van der Waals surface area contributed by atoms with Gasteiger partial charge in [0.15, 0.2) is 0 Å². The van der Waals surface area contributed by atoms with Gasteiger partial charge in [-0.05, 0) is 41.2 Å². The van der Waals surface area contributed by atoms with Crippen LogP contribution in [0.1, 0.15) is 33.0 Å². The predicted molar refractivity (Wildman–Crippen MR) is 90.5 cm³/mol. The van der Waals surface area contributed by atoms with E-state index in [1.807, 2.05) is 12.1 Å². The Balaban J connectivity index is 1.37. The average molecular weight is 321 g/mol. The van der Waals surface area contributed by atoms with Gasteiger partial charge >= 0.3 is 6.03 Å². The summed E-state index contributed by atoms with van der Waals surface area (Å²) in [6.45, 7) is 0.362. The number of carbonyl (C=O) groups is 2. The number of benzene rings is 2. The molecule has 3 amide bonds. The van der Waals surface area contributed by atoms with Crippen molar-refractivity contribution in [2.75, 3.05) is 0 Å². The van der Waals surface area contributed by atoms with Crippen molar-refractivity contribution in [2.24, 2.45) is 11.7 Å². The molecular weight excluding hydrogens is 302 g/mol. The van der Waals surface area contributed by atoms with Crippen LogP contribution in [0, 0.1) is 5.92 Å². The molecule has 3 atom stereocenters. The van der Waals surface area contributed by atoms with Crippen molar-refractivity contribution < 1.29 is 9.59 Å². The number of fused-ring (bicyclic) bond motifs is 3. The zero-order valence-electron chi connectivity index (χ0n) is 13.2. The molecule has 0 aromatic heterocycles. The second-order valence-electron chi connectivity index (χ2n) is 6.51. The van der Waals surface area contributed by atoms with Gasteiger partial charge in [-0.2, -0.15) is 0 Å². The molecule has 0 radical (unpaired) electrons. The van der Waals surface area contributed by atoms with Gasteiger partial charge in [0.1, 0.15) is 0 Å². The number of hydrogen-bond donors (Lipinski definition) is 3. The first-order valence-corrected chi connectivity index (χ1v) is 8.14. The van der Waals surface area contributed by atoms with Gasteiger partial charge in [-0.1, -0.05) is 36.4 Å². The molecule has 4 N–H and O–H groups in total. The molecule has 1 fully saturated rings. The SMILES string of the molecule is NC(=O)NCc1ccc(C(=O)NC2C3Cc4ccccc4C32)cc1. The van der Waals surface area contributed by atoms with E-state index in [0.717, 1.165) is 12.0 Å². The largest absolute Gasteiger partial charge is 0.352 e. The highest BCUT2D eigenvalue weighted by molar-refractivity contribution is 5.94. The van der Waals surface area contributed by atoms with Gasteiger partial charge in [0.05, 0.1) is 0 Å². The summed E-state index contributed by atoms with van der Waals surface area (Å²) >= 11 is 0. The van der Waals surface area contributed by atoms with Crippen molar-refractivity contribution in [2.45, 2.75) is 24.9 Å². The maximum Gasteiger partial charge on any atom is 0.312 e. The van der Waals surface area contributed by atoms with E-state index in [1.165, 1.54) is 11.1 Å². The van der Waals surface area contributed by atoms with Gasteiger partial charge in [0.2, 0.25) is 0 Å². The van der Waals surface area contributed by atoms with Gasteiger partial charge in [0, 0.05) is 24.1 Å². The number of primary amides is 1. The summed E-state index contributed by atoms with van der Waals surface area (Å²) in [6, 6.07) is 15.4. The molecule has 0 aliphatic heterocycles. The highest BCUT2D eigenvalue weighted by Crippen LogP contribution is 2.56. The van der Waals surface area contributed by atoms with Crippen LogP contribution in [0.15, 0.2) is 48.5 Å². The Hall–Kier alpha value is -2.82. The number of hydrogen-bond acceptors (Lipinski definition) is 2. The lowest BCUT2D eigenvalue weighted by molar-refractivity contribution is 0.0948. The molecule has 1 saturated carbocycles. The lowest BCUT2D eigenvalue weighted by atomic mass is 10.0. The zero-order valence-corrected chi connectivity index (χ0v) is 13.2. The molecule has 0 heterocycles.